The van der Waals surface area contributed by atoms with E-state index in [0.717, 1.165) is 5.56 Å². The van der Waals surface area contributed by atoms with Gasteiger partial charge >= 0.3 is 0 Å². The van der Waals surface area contributed by atoms with E-state index in [1.807, 2.05) is 38.1 Å². The maximum absolute atomic E-state index is 12.2. The molecular formula is C17H23N3O3. The van der Waals surface area contributed by atoms with E-state index in [1.54, 1.807) is 20.1 Å². The molecule has 2 aromatic rings. The van der Waals surface area contributed by atoms with Crippen LogP contribution >= 0.6 is 0 Å². The molecule has 6 nitrogen and oxygen atoms in total. The fourth-order valence-corrected chi connectivity index (χ4v) is 1.99. The van der Waals surface area contributed by atoms with Crippen molar-refractivity contribution in [3.8, 4) is 17.0 Å². The summed E-state index contributed by atoms with van der Waals surface area (Å²) in [6, 6.07) is 9.13. The lowest BCUT2D eigenvalue weighted by Gasteiger charge is -2.27. The van der Waals surface area contributed by atoms with E-state index in [2.05, 4.69) is 15.5 Å². The summed E-state index contributed by atoms with van der Waals surface area (Å²) in [5.41, 5.74) is 0.814. The van der Waals surface area contributed by atoms with E-state index in [1.165, 1.54) is 0 Å². The number of aromatic amines is 1. The van der Waals surface area contributed by atoms with E-state index in [4.69, 9.17) is 4.74 Å². The third-order valence-electron chi connectivity index (χ3n) is 4.06. The second-order valence-corrected chi connectivity index (χ2v) is 6.06. The second kappa shape index (κ2) is 6.83. The number of carbonyl (C=O) groups excluding carboxylic acids is 1. The maximum Gasteiger partial charge on any atom is 0.269 e. The monoisotopic (exact) mass is 317 g/mol. The van der Waals surface area contributed by atoms with Gasteiger partial charge in [0.15, 0.2) is 0 Å². The molecule has 2 rings (SSSR count). The molecule has 23 heavy (non-hydrogen) atoms. The van der Waals surface area contributed by atoms with Gasteiger partial charge in [-0.3, -0.25) is 9.89 Å². The highest BCUT2D eigenvalue weighted by Crippen LogP contribution is 2.28. The van der Waals surface area contributed by atoms with Crippen molar-refractivity contribution in [3.63, 3.8) is 0 Å². The number of para-hydroxylation sites is 1. The standard InChI is InChI=1S/C17H23N3O3/c1-11(2)17(3,22)10-18-16(21)14-9-13(19-20-14)12-7-5-6-8-15(12)23-4/h5-9,11,22H,10H2,1-4H3,(H,18,21)(H,19,20). The number of carbonyl (C=O) groups is 1. The van der Waals surface area contributed by atoms with Gasteiger partial charge in [0.1, 0.15) is 11.4 Å². The van der Waals surface area contributed by atoms with Crippen LogP contribution in [0.3, 0.4) is 0 Å². The average Bonchev–Trinajstić information content (AvgIpc) is 3.02. The van der Waals surface area contributed by atoms with E-state index < -0.39 is 5.60 Å². The SMILES string of the molecule is COc1ccccc1-c1cc(C(=O)NCC(C)(O)C(C)C)[nH]n1. The lowest BCUT2D eigenvalue weighted by Crippen LogP contribution is -2.44. The number of ether oxygens (including phenoxy) is 1. The van der Waals surface area contributed by atoms with Crippen LogP contribution in [-0.2, 0) is 0 Å². The molecule has 0 radical (unpaired) electrons. The Labute approximate surface area is 135 Å². The van der Waals surface area contributed by atoms with Crippen molar-refractivity contribution in [2.75, 3.05) is 13.7 Å². The first-order valence-electron chi connectivity index (χ1n) is 7.54. The third kappa shape index (κ3) is 3.90. The molecule has 1 amide bonds. The highest BCUT2D eigenvalue weighted by atomic mass is 16.5. The van der Waals surface area contributed by atoms with E-state index in [9.17, 15) is 9.90 Å². The van der Waals surface area contributed by atoms with Gasteiger partial charge in [0.2, 0.25) is 0 Å². The summed E-state index contributed by atoms with van der Waals surface area (Å²) in [6.45, 7) is 5.68. The molecule has 124 valence electrons. The predicted octanol–water partition coefficient (Wildman–Crippen LogP) is 2.22. The Morgan fingerprint density at radius 2 is 2.13 bits per heavy atom. The lowest BCUT2D eigenvalue weighted by molar-refractivity contribution is 0.0142. The number of nitrogens with one attached hydrogen (secondary N) is 2. The minimum atomic E-state index is -0.957. The van der Waals surface area contributed by atoms with Crippen molar-refractivity contribution in [2.45, 2.75) is 26.4 Å². The van der Waals surface area contributed by atoms with Crippen molar-refractivity contribution in [1.82, 2.24) is 15.5 Å². The zero-order chi connectivity index (χ0) is 17.0. The highest BCUT2D eigenvalue weighted by molar-refractivity contribution is 5.93. The summed E-state index contributed by atoms with van der Waals surface area (Å²) < 4.78 is 5.30. The maximum atomic E-state index is 12.2. The highest BCUT2D eigenvalue weighted by Gasteiger charge is 2.26. The predicted molar refractivity (Wildman–Crippen MR) is 88.4 cm³/mol. The molecule has 0 spiro atoms. The van der Waals surface area contributed by atoms with Crippen LogP contribution in [0.15, 0.2) is 30.3 Å². The lowest BCUT2D eigenvalue weighted by atomic mass is 9.92. The molecule has 1 unspecified atom stereocenters. The van der Waals surface area contributed by atoms with Crippen molar-refractivity contribution >= 4 is 5.91 Å². The quantitative estimate of drug-likeness (QED) is 0.762. The Morgan fingerprint density at radius 3 is 2.78 bits per heavy atom. The normalized spacial score (nSPS) is 13.7. The van der Waals surface area contributed by atoms with Gasteiger partial charge in [-0.2, -0.15) is 5.10 Å². The van der Waals surface area contributed by atoms with Crippen LogP contribution in [0.4, 0.5) is 0 Å². The van der Waals surface area contributed by atoms with Gasteiger partial charge in [-0.05, 0) is 31.0 Å². The van der Waals surface area contributed by atoms with Gasteiger partial charge in [0, 0.05) is 12.1 Å². The van der Waals surface area contributed by atoms with E-state index >= 15 is 0 Å². The Morgan fingerprint density at radius 1 is 1.43 bits per heavy atom. The number of hydrogen-bond donors (Lipinski definition) is 3. The first-order valence-corrected chi connectivity index (χ1v) is 7.54. The van der Waals surface area contributed by atoms with Crippen LogP contribution in [0.2, 0.25) is 0 Å². The van der Waals surface area contributed by atoms with Crippen molar-refractivity contribution in [3.05, 3.63) is 36.0 Å². The molecule has 0 aliphatic rings. The van der Waals surface area contributed by atoms with Crippen LogP contribution in [0, 0.1) is 5.92 Å². The molecule has 1 aromatic heterocycles. The average molecular weight is 317 g/mol. The topological polar surface area (TPSA) is 87.2 Å². The molecule has 3 N–H and O–H groups in total. The second-order valence-electron chi connectivity index (χ2n) is 6.06. The number of rotatable bonds is 6. The summed E-state index contributed by atoms with van der Waals surface area (Å²) in [4.78, 5) is 12.2. The van der Waals surface area contributed by atoms with Gasteiger partial charge in [0.25, 0.3) is 5.91 Å². The largest absolute Gasteiger partial charge is 0.496 e. The number of aliphatic hydroxyl groups is 1. The molecule has 1 aromatic carbocycles. The van der Waals surface area contributed by atoms with Gasteiger partial charge < -0.3 is 15.2 Å². The summed E-state index contributed by atoms with van der Waals surface area (Å²) >= 11 is 0. The van der Waals surface area contributed by atoms with Crippen LogP contribution < -0.4 is 10.1 Å². The Hall–Kier alpha value is -2.34. The minimum Gasteiger partial charge on any atom is -0.496 e. The smallest absolute Gasteiger partial charge is 0.269 e. The molecule has 0 fully saturated rings. The third-order valence-corrected chi connectivity index (χ3v) is 4.06. The number of aromatic nitrogens is 2. The van der Waals surface area contributed by atoms with E-state index in [-0.39, 0.29) is 18.4 Å². The first-order chi connectivity index (χ1) is 10.8. The van der Waals surface area contributed by atoms with Crippen LogP contribution in [0.1, 0.15) is 31.3 Å². The van der Waals surface area contributed by atoms with Gasteiger partial charge in [-0.15, -0.1) is 0 Å². The van der Waals surface area contributed by atoms with Crippen molar-refractivity contribution < 1.29 is 14.6 Å². The molecule has 0 aliphatic carbocycles. The zero-order valence-corrected chi connectivity index (χ0v) is 13.9. The van der Waals surface area contributed by atoms with Crippen molar-refractivity contribution in [1.29, 1.82) is 0 Å². The molecule has 1 atom stereocenters. The zero-order valence-electron chi connectivity index (χ0n) is 13.9. The number of methoxy groups -OCH3 is 1. The Bertz CT molecular complexity index is 677. The summed E-state index contributed by atoms with van der Waals surface area (Å²) in [5.74, 6) is 0.418. The summed E-state index contributed by atoms with van der Waals surface area (Å²) in [5, 5.41) is 19.8. The minimum absolute atomic E-state index is 0.0358. The van der Waals surface area contributed by atoms with Crippen molar-refractivity contribution in [2.24, 2.45) is 5.92 Å². The molecule has 0 bridgehead atoms. The van der Waals surface area contributed by atoms with Gasteiger partial charge in [-0.1, -0.05) is 26.0 Å². The summed E-state index contributed by atoms with van der Waals surface area (Å²) in [7, 11) is 1.59. The number of benzene rings is 1. The number of amides is 1. The molecule has 0 aliphatic heterocycles. The van der Waals surface area contributed by atoms with Crippen LogP contribution in [0.25, 0.3) is 11.3 Å². The fraction of sp³-hybridized carbons (Fsp3) is 0.412. The molecule has 0 saturated heterocycles. The van der Waals surface area contributed by atoms with Crippen LogP contribution in [-0.4, -0.2) is 40.5 Å². The first kappa shape index (κ1) is 17.0. The van der Waals surface area contributed by atoms with Crippen LogP contribution in [0.5, 0.6) is 5.75 Å². The molecule has 6 heteroatoms. The fourth-order valence-electron chi connectivity index (χ4n) is 1.99. The number of H-pyrrole nitrogens is 1. The molecule has 1 heterocycles. The van der Waals surface area contributed by atoms with E-state index in [0.29, 0.717) is 17.1 Å². The van der Waals surface area contributed by atoms with Gasteiger partial charge in [-0.25, -0.2) is 0 Å². The molecular weight excluding hydrogens is 294 g/mol. The number of nitrogens with zero attached hydrogens (tertiary/aromatic N) is 1. The Balaban J connectivity index is 2.11. The van der Waals surface area contributed by atoms with Gasteiger partial charge in [0.05, 0.1) is 18.4 Å². The summed E-state index contributed by atoms with van der Waals surface area (Å²) in [6.07, 6.45) is 0. The number of hydrogen-bond acceptors (Lipinski definition) is 4. The Kier molecular flexibility index (Phi) is 5.05. The molecule has 0 saturated carbocycles.